The number of thiazole rings is 1. The minimum atomic E-state index is -0.733. The van der Waals surface area contributed by atoms with Gasteiger partial charge in [-0.05, 0) is 19.4 Å². The summed E-state index contributed by atoms with van der Waals surface area (Å²) in [5, 5.41) is 8.48. The van der Waals surface area contributed by atoms with Crippen molar-refractivity contribution in [1.82, 2.24) is 15.6 Å². The molecule has 144 valence electrons. The van der Waals surface area contributed by atoms with Crippen molar-refractivity contribution in [3.05, 3.63) is 77.3 Å². The molecule has 6 heteroatoms. The van der Waals surface area contributed by atoms with E-state index in [1.54, 1.807) is 0 Å². The first-order valence-electron chi connectivity index (χ1n) is 9.17. The van der Waals surface area contributed by atoms with Gasteiger partial charge in [0.05, 0.1) is 12.1 Å². The molecule has 1 atom stereocenters. The van der Waals surface area contributed by atoms with Crippen molar-refractivity contribution in [2.45, 2.75) is 32.4 Å². The largest absolute Gasteiger partial charge is 0.352 e. The van der Waals surface area contributed by atoms with Gasteiger partial charge in [-0.3, -0.25) is 9.59 Å². The Hall–Kier alpha value is -2.99. The second kappa shape index (κ2) is 9.28. The SMILES string of the molecule is CC(C)NC(=O)[C@@H](NC(=O)Cc1csc(-c2ccccc2)n1)c1ccccc1. The van der Waals surface area contributed by atoms with Gasteiger partial charge in [-0.2, -0.15) is 0 Å². The number of carbonyl (C=O) groups is 2. The number of hydrogen-bond donors (Lipinski definition) is 2. The molecule has 28 heavy (non-hydrogen) atoms. The van der Waals surface area contributed by atoms with Crippen molar-refractivity contribution in [2.75, 3.05) is 0 Å². The maximum atomic E-state index is 12.6. The number of nitrogens with zero attached hydrogens (tertiary/aromatic N) is 1. The third kappa shape index (κ3) is 5.27. The third-order valence-electron chi connectivity index (χ3n) is 4.05. The van der Waals surface area contributed by atoms with Crippen LogP contribution >= 0.6 is 11.3 Å². The quantitative estimate of drug-likeness (QED) is 0.642. The summed E-state index contributed by atoms with van der Waals surface area (Å²) in [5.74, 6) is -0.463. The van der Waals surface area contributed by atoms with Crippen LogP contribution < -0.4 is 10.6 Å². The van der Waals surface area contributed by atoms with Gasteiger partial charge in [-0.15, -0.1) is 11.3 Å². The van der Waals surface area contributed by atoms with E-state index in [1.165, 1.54) is 11.3 Å². The van der Waals surface area contributed by atoms with E-state index in [1.807, 2.05) is 79.9 Å². The monoisotopic (exact) mass is 393 g/mol. The Bertz CT molecular complexity index is 923. The lowest BCUT2D eigenvalue weighted by Gasteiger charge is -2.20. The maximum absolute atomic E-state index is 12.6. The predicted octanol–water partition coefficient (Wildman–Crippen LogP) is 3.73. The summed E-state index contributed by atoms with van der Waals surface area (Å²) in [6.07, 6.45) is 0.127. The summed E-state index contributed by atoms with van der Waals surface area (Å²) in [4.78, 5) is 29.7. The van der Waals surface area contributed by atoms with Crippen molar-refractivity contribution < 1.29 is 9.59 Å². The molecule has 0 unspecified atom stereocenters. The highest BCUT2D eigenvalue weighted by molar-refractivity contribution is 7.13. The van der Waals surface area contributed by atoms with Crippen LogP contribution in [0.4, 0.5) is 0 Å². The molecule has 0 saturated carbocycles. The van der Waals surface area contributed by atoms with E-state index in [-0.39, 0.29) is 24.3 Å². The molecule has 0 aliphatic carbocycles. The van der Waals surface area contributed by atoms with Crippen LogP contribution in [0.2, 0.25) is 0 Å². The normalized spacial score (nSPS) is 11.8. The highest BCUT2D eigenvalue weighted by Gasteiger charge is 2.23. The smallest absolute Gasteiger partial charge is 0.247 e. The number of amides is 2. The lowest BCUT2D eigenvalue weighted by atomic mass is 10.1. The molecule has 0 radical (unpaired) electrons. The zero-order valence-electron chi connectivity index (χ0n) is 15.9. The van der Waals surface area contributed by atoms with Gasteiger partial charge in [-0.1, -0.05) is 60.7 Å². The molecule has 0 spiro atoms. The van der Waals surface area contributed by atoms with Crippen LogP contribution in [-0.4, -0.2) is 22.8 Å². The highest BCUT2D eigenvalue weighted by atomic mass is 32.1. The van der Waals surface area contributed by atoms with Crippen molar-refractivity contribution >= 4 is 23.2 Å². The van der Waals surface area contributed by atoms with Gasteiger partial charge in [0.25, 0.3) is 0 Å². The number of nitrogens with one attached hydrogen (secondary N) is 2. The summed E-state index contributed by atoms with van der Waals surface area (Å²) < 4.78 is 0. The first kappa shape index (κ1) is 19.8. The molecule has 1 heterocycles. The molecular formula is C22H23N3O2S. The Balaban J connectivity index is 1.70. The van der Waals surface area contributed by atoms with Crippen LogP contribution in [0.5, 0.6) is 0 Å². The van der Waals surface area contributed by atoms with Gasteiger partial charge >= 0.3 is 0 Å². The zero-order chi connectivity index (χ0) is 19.9. The van der Waals surface area contributed by atoms with Gasteiger partial charge in [-0.25, -0.2) is 4.98 Å². The molecule has 0 aliphatic heterocycles. The average molecular weight is 394 g/mol. The first-order chi connectivity index (χ1) is 13.5. The van der Waals surface area contributed by atoms with Gasteiger partial charge < -0.3 is 10.6 Å². The molecule has 0 aliphatic rings. The van der Waals surface area contributed by atoms with Crippen molar-refractivity contribution in [1.29, 1.82) is 0 Å². The third-order valence-corrected chi connectivity index (χ3v) is 4.99. The van der Waals surface area contributed by atoms with Crippen LogP contribution in [0.1, 0.15) is 31.1 Å². The molecule has 0 bridgehead atoms. The summed E-state index contributed by atoms with van der Waals surface area (Å²) in [6.45, 7) is 3.78. The molecule has 0 saturated heterocycles. The minimum Gasteiger partial charge on any atom is -0.352 e. The van der Waals surface area contributed by atoms with E-state index in [2.05, 4.69) is 15.6 Å². The maximum Gasteiger partial charge on any atom is 0.247 e. The van der Waals surface area contributed by atoms with E-state index >= 15 is 0 Å². The number of hydrogen-bond acceptors (Lipinski definition) is 4. The highest BCUT2D eigenvalue weighted by Crippen LogP contribution is 2.23. The molecule has 0 fully saturated rings. The fraction of sp³-hybridized carbons (Fsp3) is 0.227. The van der Waals surface area contributed by atoms with Gasteiger partial charge in [0.1, 0.15) is 11.0 Å². The fourth-order valence-corrected chi connectivity index (χ4v) is 3.62. The molecular weight excluding hydrogens is 370 g/mol. The predicted molar refractivity (Wildman–Crippen MR) is 112 cm³/mol. The lowest BCUT2D eigenvalue weighted by molar-refractivity contribution is -0.129. The molecule has 5 nitrogen and oxygen atoms in total. The summed E-state index contributed by atoms with van der Waals surface area (Å²) in [6, 6.07) is 18.4. The second-order valence-corrected chi connectivity index (χ2v) is 7.62. The van der Waals surface area contributed by atoms with Crippen LogP contribution in [0.15, 0.2) is 66.0 Å². The van der Waals surface area contributed by atoms with Crippen LogP contribution in [0.3, 0.4) is 0 Å². The topological polar surface area (TPSA) is 71.1 Å². The van der Waals surface area contributed by atoms with E-state index < -0.39 is 6.04 Å². The molecule has 3 aromatic rings. The summed E-state index contributed by atoms with van der Waals surface area (Å²) >= 11 is 1.50. The zero-order valence-corrected chi connectivity index (χ0v) is 16.7. The molecule has 2 N–H and O–H groups in total. The van der Waals surface area contributed by atoms with Crippen LogP contribution in [0, 0.1) is 0 Å². The molecule has 3 rings (SSSR count). The Morgan fingerprint density at radius 1 is 0.964 bits per heavy atom. The van der Waals surface area contributed by atoms with E-state index in [4.69, 9.17) is 0 Å². The van der Waals surface area contributed by atoms with Crippen molar-refractivity contribution in [3.8, 4) is 10.6 Å². The van der Waals surface area contributed by atoms with Gasteiger partial charge in [0.15, 0.2) is 0 Å². The Labute approximate surface area is 168 Å². The van der Waals surface area contributed by atoms with Crippen molar-refractivity contribution in [3.63, 3.8) is 0 Å². The minimum absolute atomic E-state index is 0.0115. The number of benzene rings is 2. The van der Waals surface area contributed by atoms with Gasteiger partial charge in [0, 0.05) is 17.0 Å². The molecule has 1 aromatic heterocycles. The standard InChI is InChI=1S/C22H23N3O2S/c1-15(2)23-21(27)20(16-9-5-3-6-10-16)25-19(26)13-18-14-28-22(24-18)17-11-7-4-8-12-17/h3-12,14-15,20H,13H2,1-2H3,(H,23,27)(H,25,26)/t20-/m0/s1. The van der Waals surface area contributed by atoms with E-state index in [0.29, 0.717) is 5.69 Å². The summed E-state index contributed by atoms with van der Waals surface area (Å²) in [7, 11) is 0. The van der Waals surface area contributed by atoms with Crippen LogP contribution in [0.25, 0.3) is 10.6 Å². The fourth-order valence-electron chi connectivity index (χ4n) is 2.79. The number of aromatic nitrogens is 1. The van der Waals surface area contributed by atoms with E-state index in [9.17, 15) is 9.59 Å². The summed E-state index contributed by atoms with van der Waals surface area (Å²) in [5.41, 5.74) is 2.47. The molecule has 2 amide bonds. The lowest BCUT2D eigenvalue weighted by Crippen LogP contribution is -2.43. The Morgan fingerprint density at radius 3 is 2.25 bits per heavy atom. The van der Waals surface area contributed by atoms with E-state index in [0.717, 1.165) is 16.1 Å². The average Bonchev–Trinajstić information content (AvgIpc) is 3.15. The Kier molecular flexibility index (Phi) is 6.55. The number of rotatable bonds is 7. The first-order valence-corrected chi connectivity index (χ1v) is 10.1. The second-order valence-electron chi connectivity index (χ2n) is 6.76. The Morgan fingerprint density at radius 2 is 1.61 bits per heavy atom. The van der Waals surface area contributed by atoms with Gasteiger partial charge in [0.2, 0.25) is 11.8 Å². The number of carbonyl (C=O) groups excluding carboxylic acids is 2. The van der Waals surface area contributed by atoms with Crippen LogP contribution in [-0.2, 0) is 16.0 Å². The van der Waals surface area contributed by atoms with Crippen molar-refractivity contribution in [2.24, 2.45) is 0 Å². The molecule has 2 aromatic carbocycles.